The third-order valence-corrected chi connectivity index (χ3v) is 3.96. The molecular weight excluding hydrogens is 380 g/mol. The zero-order valence-corrected chi connectivity index (χ0v) is 16.3. The molecule has 3 amide bonds. The number of ether oxygens (including phenoxy) is 1. The van der Waals surface area contributed by atoms with Crippen molar-refractivity contribution in [2.75, 3.05) is 13.1 Å². The van der Waals surface area contributed by atoms with Crippen molar-refractivity contribution in [3.8, 4) is 5.75 Å². The van der Waals surface area contributed by atoms with Crippen molar-refractivity contribution in [3.63, 3.8) is 0 Å². The minimum absolute atomic E-state index is 0.0510. The highest BCUT2D eigenvalue weighted by Crippen LogP contribution is 2.24. The van der Waals surface area contributed by atoms with E-state index >= 15 is 0 Å². The number of carbonyl (C=O) groups is 2. The van der Waals surface area contributed by atoms with Crippen LogP contribution in [0.1, 0.15) is 31.0 Å². The van der Waals surface area contributed by atoms with E-state index in [0.717, 1.165) is 11.1 Å². The molecule has 0 radical (unpaired) electrons. The minimum atomic E-state index is -2.89. The Morgan fingerprint density at radius 2 is 1.59 bits per heavy atom. The van der Waals surface area contributed by atoms with Crippen LogP contribution >= 0.6 is 0 Å². The highest BCUT2D eigenvalue weighted by Gasteiger charge is 2.16. The van der Waals surface area contributed by atoms with Crippen LogP contribution in [-0.4, -0.2) is 31.6 Å². The van der Waals surface area contributed by atoms with Crippen molar-refractivity contribution < 1.29 is 23.1 Å². The summed E-state index contributed by atoms with van der Waals surface area (Å²) in [5, 5.41) is 7.98. The number of amides is 3. The molecule has 0 fully saturated rings. The summed E-state index contributed by atoms with van der Waals surface area (Å²) in [5.41, 5.74) is 1.64. The van der Waals surface area contributed by atoms with E-state index in [4.69, 9.17) is 0 Å². The van der Waals surface area contributed by atoms with Gasteiger partial charge in [0.05, 0.1) is 12.6 Å². The number of benzene rings is 2. The molecule has 1 atom stereocenters. The van der Waals surface area contributed by atoms with E-state index in [2.05, 4.69) is 20.7 Å². The smallest absolute Gasteiger partial charge is 0.387 e. The van der Waals surface area contributed by atoms with Crippen molar-refractivity contribution in [2.24, 2.45) is 5.92 Å². The number of halogens is 2. The molecule has 0 unspecified atom stereocenters. The molecular formula is C21H25F2N3O3. The van der Waals surface area contributed by atoms with Crippen molar-refractivity contribution >= 4 is 11.9 Å². The molecule has 0 bridgehead atoms. The molecule has 0 heterocycles. The largest absolute Gasteiger partial charge is 0.435 e. The lowest BCUT2D eigenvalue weighted by atomic mass is 9.98. The SMILES string of the molecule is CC(C)CNC(=O)NC(=O)CN[C@@H](c1ccccc1)c1ccc(OC(F)F)cc1. The lowest BCUT2D eigenvalue weighted by Crippen LogP contribution is -2.44. The fourth-order valence-electron chi connectivity index (χ4n) is 2.62. The van der Waals surface area contributed by atoms with Gasteiger partial charge in [-0.1, -0.05) is 56.3 Å². The van der Waals surface area contributed by atoms with Gasteiger partial charge < -0.3 is 10.1 Å². The number of carbonyl (C=O) groups excluding carboxylic acids is 2. The molecule has 0 aliphatic rings. The van der Waals surface area contributed by atoms with Crippen LogP contribution in [0.3, 0.4) is 0 Å². The van der Waals surface area contributed by atoms with Gasteiger partial charge >= 0.3 is 12.6 Å². The van der Waals surface area contributed by atoms with Crippen LogP contribution in [0.25, 0.3) is 0 Å². The standard InChI is InChI=1S/C21H25F2N3O3/c1-14(2)12-25-21(28)26-18(27)13-24-19(15-6-4-3-5-7-15)16-8-10-17(11-9-16)29-20(22)23/h3-11,14,19-20,24H,12-13H2,1-2H3,(H2,25,26,27,28)/t19-/m0/s1. The maximum absolute atomic E-state index is 12.3. The van der Waals surface area contributed by atoms with E-state index in [9.17, 15) is 18.4 Å². The highest BCUT2D eigenvalue weighted by molar-refractivity contribution is 5.95. The Labute approximate surface area is 168 Å². The first-order valence-corrected chi connectivity index (χ1v) is 9.26. The van der Waals surface area contributed by atoms with E-state index in [1.807, 2.05) is 44.2 Å². The molecule has 0 aliphatic heterocycles. The number of nitrogens with one attached hydrogen (secondary N) is 3. The summed E-state index contributed by atoms with van der Waals surface area (Å²) in [6.45, 7) is 1.36. The quantitative estimate of drug-likeness (QED) is 0.597. The molecule has 29 heavy (non-hydrogen) atoms. The molecule has 3 N–H and O–H groups in total. The van der Waals surface area contributed by atoms with Crippen LogP contribution in [-0.2, 0) is 4.79 Å². The zero-order valence-electron chi connectivity index (χ0n) is 16.3. The third kappa shape index (κ3) is 7.87. The average molecular weight is 405 g/mol. The van der Waals surface area contributed by atoms with Gasteiger partial charge in [-0.3, -0.25) is 15.4 Å². The molecule has 2 aromatic rings. The number of urea groups is 1. The minimum Gasteiger partial charge on any atom is -0.435 e. The third-order valence-electron chi connectivity index (χ3n) is 3.96. The number of alkyl halides is 2. The highest BCUT2D eigenvalue weighted by atomic mass is 19.3. The summed E-state index contributed by atoms with van der Waals surface area (Å²) in [6.07, 6.45) is 0. The topological polar surface area (TPSA) is 79.5 Å². The summed E-state index contributed by atoms with van der Waals surface area (Å²) < 4.78 is 29.1. The van der Waals surface area contributed by atoms with Crippen LogP contribution in [0, 0.1) is 5.92 Å². The van der Waals surface area contributed by atoms with E-state index in [1.54, 1.807) is 12.1 Å². The summed E-state index contributed by atoms with van der Waals surface area (Å²) in [5.74, 6) is -0.159. The van der Waals surface area contributed by atoms with Gasteiger partial charge in [-0.25, -0.2) is 4.79 Å². The molecule has 2 aromatic carbocycles. The normalized spacial score (nSPS) is 11.9. The maximum Gasteiger partial charge on any atom is 0.387 e. The predicted molar refractivity (Wildman–Crippen MR) is 106 cm³/mol. The van der Waals surface area contributed by atoms with Crippen LogP contribution in [0.5, 0.6) is 5.75 Å². The van der Waals surface area contributed by atoms with Crippen molar-refractivity contribution in [3.05, 3.63) is 65.7 Å². The van der Waals surface area contributed by atoms with Crippen molar-refractivity contribution in [2.45, 2.75) is 26.5 Å². The lowest BCUT2D eigenvalue weighted by molar-refractivity contribution is -0.119. The summed E-state index contributed by atoms with van der Waals surface area (Å²) in [4.78, 5) is 23.8. The Morgan fingerprint density at radius 3 is 2.17 bits per heavy atom. The van der Waals surface area contributed by atoms with Gasteiger partial charge in [-0.05, 0) is 29.2 Å². The Hall–Kier alpha value is -3.00. The Balaban J connectivity index is 2.04. The summed E-state index contributed by atoms with van der Waals surface area (Å²) >= 11 is 0. The van der Waals surface area contributed by atoms with Gasteiger partial charge in [0.25, 0.3) is 0 Å². The molecule has 2 rings (SSSR count). The first-order chi connectivity index (χ1) is 13.8. The van der Waals surface area contributed by atoms with Crippen LogP contribution in [0.2, 0.25) is 0 Å². The molecule has 6 nitrogen and oxygen atoms in total. The van der Waals surface area contributed by atoms with E-state index in [0.29, 0.717) is 6.54 Å². The molecule has 0 saturated carbocycles. The fraction of sp³-hybridized carbons (Fsp3) is 0.333. The first-order valence-electron chi connectivity index (χ1n) is 9.26. The molecule has 0 aromatic heterocycles. The van der Waals surface area contributed by atoms with Crippen molar-refractivity contribution in [1.29, 1.82) is 0 Å². The van der Waals surface area contributed by atoms with Gasteiger partial charge in [-0.2, -0.15) is 8.78 Å². The van der Waals surface area contributed by atoms with Gasteiger partial charge in [0, 0.05) is 6.54 Å². The second-order valence-electron chi connectivity index (χ2n) is 6.82. The Kier molecular flexibility index (Phi) is 8.54. The Bertz CT molecular complexity index is 784. The molecule has 0 saturated heterocycles. The van der Waals surface area contributed by atoms with E-state index in [1.165, 1.54) is 12.1 Å². The van der Waals surface area contributed by atoms with Crippen LogP contribution < -0.4 is 20.7 Å². The number of hydrogen-bond donors (Lipinski definition) is 3. The monoisotopic (exact) mass is 405 g/mol. The van der Waals surface area contributed by atoms with Crippen LogP contribution in [0.15, 0.2) is 54.6 Å². The molecule has 0 spiro atoms. The lowest BCUT2D eigenvalue weighted by Gasteiger charge is -2.20. The Morgan fingerprint density at radius 1 is 0.966 bits per heavy atom. The summed E-state index contributed by atoms with van der Waals surface area (Å²) in [6, 6.07) is 14.6. The fourth-order valence-corrected chi connectivity index (χ4v) is 2.62. The molecule has 0 aliphatic carbocycles. The number of rotatable bonds is 9. The number of hydrogen-bond acceptors (Lipinski definition) is 4. The summed E-state index contributed by atoms with van der Waals surface area (Å²) in [7, 11) is 0. The van der Waals surface area contributed by atoms with Crippen LogP contribution in [0.4, 0.5) is 13.6 Å². The van der Waals surface area contributed by atoms with Gasteiger partial charge in [0.2, 0.25) is 5.91 Å². The van der Waals surface area contributed by atoms with Crippen molar-refractivity contribution in [1.82, 2.24) is 16.0 Å². The van der Waals surface area contributed by atoms with Gasteiger partial charge in [0.15, 0.2) is 0 Å². The van der Waals surface area contributed by atoms with E-state index < -0.39 is 18.5 Å². The molecule has 156 valence electrons. The average Bonchev–Trinajstić information content (AvgIpc) is 2.68. The second-order valence-corrected chi connectivity index (χ2v) is 6.82. The van der Waals surface area contributed by atoms with Gasteiger partial charge in [0.1, 0.15) is 5.75 Å². The second kappa shape index (κ2) is 11.1. The maximum atomic E-state index is 12.3. The predicted octanol–water partition coefficient (Wildman–Crippen LogP) is 3.45. The number of imide groups is 1. The van der Waals surface area contributed by atoms with E-state index in [-0.39, 0.29) is 24.3 Å². The van der Waals surface area contributed by atoms with Gasteiger partial charge in [-0.15, -0.1) is 0 Å². The zero-order chi connectivity index (χ0) is 21.2. The first kappa shape index (κ1) is 22.3. The molecule has 8 heteroatoms.